The van der Waals surface area contributed by atoms with Gasteiger partial charge in [-0.2, -0.15) is 0 Å². The number of carbonyl (C=O) groups excluding carboxylic acids is 2. The van der Waals surface area contributed by atoms with Gasteiger partial charge in [0.2, 0.25) is 0 Å². The number of benzene rings is 1. The van der Waals surface area contributed by atoms with E-state index < -0.39 is 17.7 Å². The van der Waals surface area contributed by atoms with Gasteiger partial charge in [-0.3, -0.25) is 14.6 Å². The number of nitrogens with zero attached hydrogens (tertiary/aromatic N) is 2. The number of Topliss-reactive ketones (excluding diaryl/α,β-unsaturated/α-hetero) is 1. The van der Waals surface area contributed by atoms with Crippen LogP contribution in [0.25, 0.3) is 5.76 Å². The maximum Gasteiger partial charge on any atom is 0.295 e. The molecular formula is C22H22N2O5. The van der Waals surface area contributed by atoms with Gasteiger partial charge in [-0.05, 0) is 48.7 Å². The molecule has 150 valence electrons. The van der Waals surface area contributed by atoms with Crippen LogP contribution >= 0.6 is 0 Å². The summed E-state index contributed by atoms with van der Waals surface area (Å²) in [4.78, 5) is 31.4. The minimum Gasteiger partial charge on any atom is -0.507 e. The molecule has 7 heteroatoms. The maximum atomic E-state index is 12.9. The highest BCUT2D eigenvalue weighted by Gasteiger charge is 2.47. The highest BCUT2D eigenvalue weighted by Crippen LogP contribution is 2.39. The minimum atomic E-state index is -0.713. The van der Waals surface area contributed by atoms with E-state index in [1.54, 1.807) is 55.9 Å². The lowest BCUT2D eigenvalue weighted by Gasteiger charge is -2.27. The number of pyridine rings is 1. The first-order valence-corrected chi connectivity index (χ1v) is 9.54. The van der Waals surface area contributed by atoms with Gasteiger partial charge in [-0.1, -0.05) is 6.07 Å². The van der Waals surface area contributed by atoms with E-state index in [1.807, 2.05) is 0 Å². The van der Waals surface area contributed by atoms with Gasteiger partial charge in [-0.25, -0.2) is 0 Å². The van der Waals surface area contributed by atoms with Crippen molar-refractivity contribution in [3.8, 4) is 5.75 Å². The predicted molar refractivity (Wildman–Crippen MR) is 105 cm³/mol. The average Bonchev–Trinajstić information content (AvgIpc) is 3.36. The highest BCUT2D eigenvalue weighted by molar-refractivity contribution is 6.46. The summed E-state index contributed by atoms with van der Waals surface area (Å²) < 4.78 is 10.8. The molecule has 7 nitrogen and oxygen atoms in total. The molecule has 1 amide bonds. The predicted octanol–water partition coefficient (Wildman–Crippen LogP) is 2.69. The number of hydrogen-bond acceptors (Lipinski definition) is 6. The van der Waals surface area contributed by atoms with Crippen LogP contribution in [0.15, 0.2) is 54.4 Å². The lowest BCUT2D eigenvalue weighted by Crippen LogP contribution is -2.36. The molecule has 0 unspecified atom stereocenters. The van der Waals surface area contributed by atoms with Gasteiger partial charge in [0.15, 0.2) is 0 Å². The van der Waals surface area contributed by atoms with Gasteiger partial charge >= 0.3 is 0 Å². The molecule has 0 bridgehead atoms. The summed E-state index contributed by atoms with van der Waals surface area (Å²) in [6.07, 6.45) is 4.88. The van der Waals surface area contributed by atoms with Crippen molar-refractivity contribution < 1.29 is 24.2 Å². The quantitative estimate of drug-likeness (QED) is 0.477. The van der Waals surface area contributed by atoms with Crippen molar-refractivity contribution in [2.75, 3.05) is 20.3 Å². The molecule has 1 N–H and O–H groups in total. The standard InChI is InChI=1S/C22H22N2O5/c1-28-16-8-6-14(7-9-16)20(25)18-19(15-4-2-10-23-12-15)24(22(27)21(18)26)13-17-5-3-11-29-17/h2,4,6-10,12,17,19,25H,3,5,11,13H2,1H3/t17-,19-/m1/s1. The maximum absolute atomic E-state index is 12.9. The number of hydrogen-bond donors (Lipinski definition) is 1. The Bertz CT molecular complexity index is 933. The Morgan fingerprint density at radius 3 is 2.69 bits per heavy atom. The fourth-order valence-electron chi connectivity index (χ4n) is 3.86. The topological polar surface area (TPSA) is 89.0 Å². The summed E-state index contributed by atoms with van der Waals surface area (Å²) in [5, 5.41) is 11.0. The molecule has 2 aliphatic heterocycles. The van der Waals surface area contributed by atoms with Crippen LogP contribution in [0, 0.1) is 0 Å². The second-order valence-electron chi connectivity index (χ2n) is 7.10. The lowest BCUT2D eigenvalue weighted by molar-refractivity contribution is -0.140. The van der Waals surface area contributed by atoms with Crippen molar-refractivity contribution >= 4 is 17.4 Å². The van der Waals surface area contributed by atoms with Gasteiger partial charge in [0.1, 0.15) is 11.5 Å². The lowest BCUT2D eigenvalue weighted by atomic mass is 9.96. The van der Waals surface area contributed by atoms with Crippen LogP contribution in [0.5, 0.6) is 5.75 Å². The van der Waals surface area contributed by atoms with Crippen LogP contribution in [0.1, 0.15) is 30.0 Å². The smallest absolute Gasteiger partial charge is 0.295 e. The van der Waals surface area contributed by atoms with Gasteiger partial charge in [0, 0.05) is 31.1 Å². The zero-order valence-corrected chi connectivity index (χ0v) is 16.1. The number of aliphatic hydroxyl groups is 1. The Morgan fingerprint density at radius 1 is 1.28 bits per heavy atom. The normalized spacial score (nSPS) is 23.6. The fourth-order valence-corrected chi connectivity index (χ4v) is 3.86. The second-order valence-corrected chi connectivity index (χ2v) is 7.10. The van der Waals surface area contributed by atoms with Crippen LogP contribution in [-0.2, 0) is 14.3 Å². The van der Waals surface area contributed by atoms with E-state index >= 15 is 0 Å². The van der Waals surface area contributed by atoms with Crippen molar-refractivity contribution in [3.63, 3.8) is 0 Å². The summed E-state index contributed by atoms with van der Waals surface area (Å²) in [7, 11) is 1.55. The highest BCUT2D eigenvalue weighted by atomic mass is 16.5. The van der Waals surface area contributed by atoms with Crippen LogP contribution in [0.4, 0.5) is 0 Å². The SMILES string of the molecule is COc1ccc(C(O)=C2C(=O)C(=O)N(C[C@H]3CCCO3)[C@@H]2c2cccnc2)cc1. The monoisotopic (exact) mass is 394 g/mol. The Kier molecular flexibility index (Phi) is 5.31. The molecular weight excluding hydrogens is 372 g/mol. The van der Waals surface area contributed by atoms with E-state index in [2.05, 4.69) is 4.98 Å². The summed E-state index contributed by atoms with van der Waals surface area (Å²) in [6, 6.07) is 9.52. The molecule has 0 spiro atoms. The Hall–Kier alpha value is -3.19. The van der Waals surface area contributed by atoms with Gasteiger partial charge in [0.25, 0.3) is 11.7 Å². The third kappa shape index (κ3) is 3.61. The molecule has 2 atom stereocenters. The van der Waals surface area contributed by atoms with Crippen molar-refractivity contribution in [3.05, 3.63) is 65.5 Å². The van der Waals surface area contributed by atoms with E-state index in [0.29, 0.717) is 30.0 Å². The van der Waals surface area contributed by atoms with Crippen LogP contribution in [0.2, 0.25) is 0 Å². The van der Waals surface area contributed by atoms with Crippen LogP contribution in [0.3, 0.4) is 0 Å². The summed E-state index contributed by atoms with van der Waals surface area (Å²) in [5.74, 6) is -0.923. The first-order valence-electron chi connectivity index (χ1n) is 9.54. The van der Waals surface area contributed by atoms with E-state index in [0.717, 1.165) is 12.8 Å². The van der Waals surface area contributed by atoms with Crippen molar-refractivity contribution in [1.82, 2.24) is 9.88 Å². The number of amides is 1. The van der Waals surface area contributed by atoms with Gasteiger partial charge in [0.05, 0.1) is 24.8 Å². The zero-order valence-electron chi connectivity index (χ0n) is 16.1. The van der Waals surface area contributed by atoms with E-state index in [-0.39, 0.29) is 17.4 Å². The second kappa shape index (κ2) is 8.05. The Balaban J connectivity index is 1.79. The molecule has 2 aromatic rings. The van der Waals surface area contributed by atoms with E-state index in [1.165, 1.54) is 4.90 Å². The summed E-state index contributed by atoms with van der Waals surface area (Å²) >= 11 is 0. The number of likely N-dealkylation sites (tertiary alicyclic amines) is 1. The number of carbonyl (C=O) groups is 2. The molecule has 1 aromatic carbocycles. The molecule has 2 saturated heterocycles. The first-order chi connectivity index (χ1) is 14.1. The van der Waals surface area contributed by atoms with Crippen LogP contribution < -0.4 is 4.74 Å². The largest absolute Gasteiger partial charge is 0.507 e. The van der Waals surface area contributed by atoms with E-state index in [4.69, 9.17) is 9.47 Å². The molecule has 1 aromatic heterocycles. The average molecular weight is 394 g/mol. The fraction of sp³-hybridized carbons (Fsp3) is 0.318. The van der Waals surface area contributed by atoms with Gasteiger partial charge < -0.3 is 19.5 Å². The van der Waals surface area contributed by atoms with Crippen LogP contribution in [-0.4, -0.2) is 53.0 Å². The number of ether oxygens (including phenoxy) is 2. The Labute approximate surface area is 168 Å². The summed E-state index contributed by atoms with van der Waals surface area (Å²) in [5.41, 5.74) is 1.17. The minimum absolute atomic E-state index is 0.0613. The summed E-state index contributed by atoms with van der Waals surface area (Å²) in [6.45, 7) is 0.946. The molecule has 29 heavy (non-hydrogen) atoms. The molecule has 0 radical (unpaired) electrons. The van der Waals surface area contributed by atoms with Crippen molar-refractivity contribution in [2.24, 2.45) is 0 Å². The van der Waals surface area contributed by atoms with Crippen molar-refractivity contribution in [1.29, 1.82) is 0 Å². The molecule has 0 saturated carbocycles. The number of ketones is 1. The number of aromatic nitrogens is 1. The zero-order chi connectivity index (χ0) is 20.4. The number of methoxy groups -OCH3 is 1. The molecule has 2 aliphatic rings. The molecule has 4 rings (SSSR count). The van der Waals surface area contributed by atoms with Gasteiger partial charge in [-0.15, -0.1) is 0 Å². The molecule has 2 fully saturated rings. The third-order valence-corrected chi connectivity index (χ3v) is 5.33. The molecule has 3 heterocycles. The first kappa shape index (κ1) is 19.1. The molecule has 0 aliphatic carbocycles. The number of rotatable bonds is 5. The Morgan fingerprint density at radius 2 is 2.07 bits per heavy atom. The van der Waals surface area contributed by atoms with E-state index in [9.17, 15) is 14.7 Å². The third-order valence-electron chi connectivity index (χ3n) is 5.33. The number of aliphatic hydroxyl groups excluding tert-OH is 1. The van der Waals surface area contributed by atoms with Crippen molar-refractivity contribution in [2.45, 2.75) is 25.0 Å².